The number of para-hydroxylation sites is 1. The molecule has 2 N–H and O–H groups in total. The van der Waals surface area contributed by atoms with Gasteiger partial charge in [0.15, 0.2) is 0 Å². The molecule has 3 heterocycles. The topological polar surface area (TPSA) is 74.4 Å². The third kappa shape index (κ3) is 1.53. The maximum Gasteiger partial charge on any atom is 0.259 e. The lowest BCUT2D eigenvalue weighted by Gasteiger charge is -2.00. The van der Waals surface area contributed by atoms with Crippen LogP contribution >= 0.6 is 0 Å². The first-order valence-corrected chi connectivity index (χ1v) is 6.24. The molecule has 0 saturated carbocycles. The Labute approximate surface area is 113 Å². The van der Waals surface area contributed by atoms with Crippen LogP contribution in [-0.2, 0) is 0 Å². The van der Waals surface area contributed by atoms with Crippen molar-refractivity contribution in [1.29, 1.82) is 0 Å². The fourth-order valence-corrected chi connectivity index (χ4v) is 2.38. The molecule has 0 unspecified atom stereocenters. The van der Waals surface area contributed by atoms with E-state index in [1.165, 1.54) is 0 Å². The number of nitrogens with one attached hydrogen (secondary N) is 2. The molecule has 0 aliphatic rings. The number of aromatic nitrogens is 4. The van der Waals surface area contributed by atoms with Gasteiger partial charge in [0.25, 0.3) is 5.56 Å². The van der Waals surface area contributed by atoms with Crippen molar-refractivity contribution < 1.29 is 0 Å². The molecule has 0 fully saturated rings. The van der Waals surface area contributed by atoms with Crippen LogP contribution < -0.4 is 5.56 Å². The molecule has 0 spiro atoms. The predicted molar refractivity (Wildman–Crippen MR) is 77.5 cm³/mol. The first-order chi connectivity index (χ1) is 9.83. The molecular weight excluding hydrogens is 252 g/mol. The molecule has 0 aliphatic carbocycles. The Morgan fingerprint density at radius 3 is 2.90 bits per heavy atom. The van der Waals surface area contributed by atoms with Crippen LogP contribution in [0.2, 0.25) is 0 Å². The predicted octanol–water partition coefficient (Wildman–Crippen LogP) is 2.47. The average molecular weight is 262 g/mol. The van der Waals surface area contributed by atoms with E-state index in [4.69, 9.17) is 0 Å². The Bertz CT molecular complexity index is 984. The number of fused-ring (bicyclic) bond motifs is 2. The summed E-state index contributed by atoms with van der Waals surface area (Å²) in [6, 6.07) is 13.3. The second kappa shape index (κ2) is 4.03. The summed E-state index contributed by atoms with van der Waals surface area (Å²) < 4.78 is 0. The highest BCUT2D eigenvalue weighted by atomic mass is 16.1. The Balaban J connectivity index is 2.07. The minimum Gasteiger partial charge on any atom is -0.306 e. The Morgan fingerprint density at radius 2 is 1.95 bits per heavy atom. The number of rotatable bonds is 1. The number of aromatic amines is 2. The van der Waals surface area contributed by atoms with E-state index in [1.54, 1.807) is 6.20 Å². The van der Waals surface area contributed by atoms with Gasteiger partial charge in [-0.25, -0.2) is 4.98 Å². The summed E-state index contributed by atoms with van der Waals surface area (Å²) in [5.41, 5.74) is 2.51. The molecule has 0 bridgehead atoms. The van der Waals surface area contributed by atoms with Crippen molar-refractivity contribution in [3.63, 3.8) is 0 Å². The van der Waals surface area contributed by atoms with Crippen LogP contribution in [0.4, 0.5) is 0 Å². The first-order valence-electron chi connectivity index (χ1n) is 6.24. The van der Waals surface area contributed by atoms with E-state index in [9.17, 15) is 4.79 Å². The smallest absolute Gasteiger partial charge is 0.259 e. The van der Waals surface area contributed by atoms with Gasteiger partial charge >= 0.3 is 0 Å². The van der Waals surface area contributed by atoms with Crippen LogP contribution in [0.5, 0.6) is 0 Å². The molecular formula is C15H10N4O. The minimum atomic E-state index is -0.187. The SMILES string of the molecule is O=c1[nH]c2ncccc2cc1-c1n[nH]c2ccccc12. The molecule has 4 rings (SSSR count). The van der Waals surface area contributed by atoms with Crippen LogP contribution in [-0.4, -0.2) is 20.2 Å². The van der Waals surface area contributed by atoms with Crippen LogP contribution in [0.1, 0.15) is 0 Å². The minimum absolute atomic E-state index is 0.187. The number of pyridine rings is 2. The lowest BCUT2D eigenvalue weighted by atomic mass is 10.1. The summed E-state index contributed by atoms with van der Waals surface area (Å²) in [6.45, 7) is 0. The summed E-state index contributed by atoms with van der Waals surface area (Å²) in [4.78, 5) is 19.2. The molecule has 4 aromatic rings. The van der Waals surface area contributed by atoms with E-state index in [2.05, 4.69) is 20.2 Å². The van der Waals surface area contributed by atoms with Gasteiger partial charge < -0.3 is 4.98 Å². The van der Waals surface area contributed by atoms with Crippen LogP contribution in [0, 0.1) is 0 Å². The summed E-state index contributed by atoms with van der Waals surface area (Å²) >= 11 is 0. The van der Waals surface area contributed by atoms with Gasteiger partial charge in [-0.2, -0.15) is 5.10 Å². The van der Waals surface area contributed by atoms with Crippen LogP contribution in [0.15, 0.2) is 53.5 Å². The van der Waals surface area contributed by atoms with Gasteiger partial charge in [-0.3, -0.25) is 9.89 Å². The molecule has 5 heteroatoms. The van der Waals surface area contributed by atoms with E-state index in [-0.39, 0.29) is 5.56 Å². The van der Waals surface area contributed by atoms with Crippen molar-refractivity contribution in [3.05, 3.63) is 59.0 Å². The summed E-state index contributed by atoms with van der Waals surface area (Å²) in [7, 11) is 0. The van der Waals surface area contributed by atoms with Crippen molar-refractivity contribution in [1.82, 2.24) is 20.2 Å². The van der Waals surface area contributed by atoms with Gasteiger partial charge in [0, 0.05) is 17.0 Å². The zero-order valence-electron chi connectivity index (χ0n) is 10.4. The monoisotopic (exact) mass is 262 g/mol. The van der Waals surface area contributed by atoms with Crippen molar-refractivity contribution >= 4 is 21.9 Å². The Hall–Kier alpha value is -2.95. The second-order valence-electron chi connectivity index (χ2n) is 4.57. The fraction of sp³-hybridized carbons (Fsp3) is 0. The lowest BCUT2D eigenvalue weighted by molar-refractivity contribution is 1.11. The third-order valence-electron chi connectivity index (χ3n) is 3.34. The van der Waals surface area contributed by atoms with Gasteiger partial charge in [0.2, 0.25) is 0 Å². The summed E-state index contributed by atoms with van der Waals surface area (Å²) in [5, 5.41) is 9.03. The van der Waals surface area contributed by atoms with E-state index in [0.717, 1.165) is 16.3 Å². The molecule has 3 aromatic heterocycles. The van der Waals surface area contributed by atoms with E-state index < -0.39 is 0 Å². The average Bonchev–Trinajstić information content (AvgIpc) is 2.90. The number of hydrogen-bond donors (Lipinski definition) is 2. The third-order valence-corrected chi connectivity index (χ3v) is 3.34. The molecule has 1 aromatic carbocycles. The highest BCUT2D eigenvalue weighted by Crippen LogP contribution is 2.24. The molecule has 0 saturated heterocycles. The normalized spacial score (nSPS) is 11.2. The van der Waals surface area contributed by atoms with E-state index in [1.807, 2.05) is 42.5 Å². The number of H-pyrrole nitrogens is 2. The van der Waals surface area contributed by atoms with Crippen molar-refractivity contribution in [2.45, 2.75) is 0 Å². The highest BCUT2D eigenvalue weighted by Gasteiger charge is 2.12. The van der Waals surface area contributed by atoms with E-state index in [0.29, 0.717) is 16.9 Å². The van der Waals surface area contributed by atoms with Gasteiger partial charge in [-0.15, -0.1) is 0 Å². The maximum atomic E-state index is 12.2. The number of benzene rings is 1. The van der Waals surface area contributed by atoms with Gasteiger partial charge in [0.1, 0.15) is 11.3 Å². The van der Waals surface area contributed by atoms with Crippen molar-refractivity contribution in [2.75, 3.05) is 0 Å². The molecule has 0 atom stereocenters. The fourth-order valence-electron chi connectivity index (χ4n) is 2.38. The largest absolute Gasteiger partial charge is 0.306 e. The molecule has 0 aliphatic heterocycles. The van der Waals surface area contributed by atoms with Gasteiger partial charge in [-0.05, 0) is 24.3 Å². The number of nitrogens with zero attached hydrogens (tertiary/aromatic N) is 2. The maximum absolute atomic E-state index is 12.2. The van der Waals surface area contributed by atoms with Gasteiger partial charge in [-0.1, -0.05) is 18.2 Å². The molecule has 5 nitrogen and oxygen atoms in total. The number of hydrogen-bond acceptors (Lipinski definition) is 3. The molecule has 0 amide bonds. The first kappa shape index (κ1) is 10.9. The summed E-state index contributed by atoms with van der Waals surface area (Å²) in [6.07, 6.45) is 1.65. The van der Waals surface area contributed by atoms with E-state index >= 15 is 0 Å². The van der Waals surface area contributed by atoms with Crippen molar-refractivity contribution in [3.8, 4) is 11.3 Å². The lowest BCUT2D eigenvalue weighted by Crippen LogP contribution is -2.09. The van der Waals surface area contributed by atoms with Gasteiger partial charge in [0.05, 0.1) is 11.1 Å². The van der Waals surface area contributed by atoms with Crippen molar-refractivity contribution in [2.24, 2.45) is 0 Å². The standard InChI is InChI=1S/C15H10N4O/c20-15-11(8-9-4-3-7-16-14(9)17-15)13-10-5-1-2-6-12(10)18-19-13/h1-8H,(H,18,19)(H,16,17,20). The zero-order valence-corrected chi connectivity index (χ0v) is 10.4. The molecule has 0 radical (unpaired) electrons. The highest BCUT2D eigenvalue weighted by molar-refractivity contribution is 5.94. The zero-order chi connectivity index (χ0) is 13.5. The Morgan fingerprint density at radius 1 is 1.05 bits per heavy atom. The second-order valence-corrected chi connectivity index (χ2v) is 4.57. The molecule has 96 valence electrons. The quantitative estimate of drug-likeness (QED) is 0.553. The van der Waals surface area contributed by atoms with Crippen LogP contribution in [0.3, 0.4) is 0 Å². The van der Waals surface area contributed by atoms with Crippen LogP contribution in [0.25, 0.3) is 33.2 Å². The molecule has 20 heavy (non-hydrogen) atoms. The summed E-state index contributed by atoms with van der Waals surface area (Å²) in [5.74, 6) is 0. The Kier molecular flexibility index (Phi) is 2.20.